The Morgan fingerprint density at radius 2 is 2.19 bits per heavy atom. The van der Waals surface area contributed by atoms with Crippen LogP contribution in [0, 0.1) is 5.82 Å². The van der Waals surface area contributed by atoms with Crippen molar-refractivity contribution in [2.75, 3.05) is 13.7 Å². The molecule has 0 aliphatic heterocycles. The number of methoxy groups -OCH3 is 1. The van der Waals surface area contributed by atoms with Gasteiger partial charge in [-0.05, 0) is 30.3 Å². The fraction of sp³-hybridized carbons (Fsp3) is 0.267. The highest BCUT2D eigenvalue weighted by Gasteiger charge is 2.22. The Morgan fingerprint density at radius 3 is 2.86 bits per heavy atom. The zero-order chi connectivity index (χ0) is 15.4. The van der Waals surface area contributed by atoms with Gasteiger partial charge in [-0.1, -0.05) is 30.7 Å². The number of carbonyl (C=O) groups is 1. The molecule has 1 atom stereocenters. The average Bonchev–Trinajstić information content (AvgIpc) is 2.97. The number of esters is 1. The van der Waals surface area contributed by atoms with E-state index < -0.39 is 17.8 Å². The van der Waals surface area contributed by atoms with E-state index in [4.69, 9.17) is 16.0 Å². The summed E-state index contributed by atoms with van der Waals surface area (Å²) in [6.45, 7) is 2.52. The molecule has 4 nitrogen and oxygen atoms in total. The van der Waals surface area contributed by atoms with E-state index in [1.807, 2.05) is 6.92 Å². The van der Waals surface area contributed by atoms with Gasteiger partial charge in [0.05, 0.1) is 18.2 Å². The molecule has 2 rings (SSSR count). The lowest BCUT2D eigenvalue weighted by atomic mass is 10.0. The van der Waals surface area contributed by atoms with Crippen LogP contribution in [0.25, 0.3) is 0 Å². The first-order chi connectivity index (χ1) is 10.1. The normalized spacial score (nSPS) is 12.2. The molecule has 0 aliphatic carbocycles. The summed E-state index contributed by atoms with van der Waals surface area (Å²) in [7, 11) is 1.27. The van der Waals surface area contributed by atoms with Gasteiger partial charge in [0.25, 0.3) is 0 Å². The van der Waals surface area contributed by atoms with E-state index >= 15 is 0 Å². The number of ether oxygens (including phenoxy) is 1. The zero-order valence-corrected chi connectivity index (χ0v) is 12.4. The van der Waals surface area contributed by atoms with Crippen LogP contribution in [0.3, 0.4) is 0 Å². The number of rotatable bonds is 5. The first-order valence-corrected chi connectivity index (χ1v) is 6.81. The topological polar surface area (TPSA) is 51.5 Å². The van der Waals surface area contributed by atoms with Gasteiger partial charge in [-0.2, -0.15) is 0 Å². The molecule has 0 spiro atoms. The van der Waals surface area contributed by atoms with E-state index in [0.717, 1.165) is 0 Å². The van der Waals surface area contributed by atoms with Crippen molar-refractivity contribution in [3.63, 3.8) is 0 Å². The van der Waals surface area contributed by atoms with Gasteiger partial charge >= 0.3 is 5.97 Å². The van der Waals surface area contributed by atoms with Crippen molar-refractivity contribution >= 4 is 17.6 Å². The highest BCUT2D eigenvalue weighted by Crippen LogP contribution is 2.31. The van der Waals surface area contributed by atoms with Crippen LogP contribution in [0.2, 0.25) is 5.02 Å². The molecular weight excluding hydrogens is 297 g/mol. The van der Waals surface area contributed by atoms with Crippen molar-refractivity contribution in [3.05, 3.63) is 58.3 Å². The van der Waals surface area contributed by atoms with Crippen molar-refractivity contribution in [1.82, 2.24) is 5.32 Å². The Kier molecular flexibility index (Phi) is 4.98. The smallest absolute Gasteiger partial charge is 0.373 e. The summed E-state index contributed by atoms with van der Waals surface area (Å²) in [5.74, 6) is -0.522. The van der Waals surface area contributed by atoms with Crippen LogP contribution in [-0.4, -0.2) is 19.6 Å². The standard InChI is InChI=1S/C15H15ClFNO3/c1-3-18-14(9-5-4-6-10(17)13(9)16)11-7-8-12(21-11)15(19)20-2/h4-8,14,18H,3H2,1-2H3. The van der Waals surface area contributed by atoms with Crippen molar-refractivity contribution in [1.29, 1.82) is 0 Å². The molecule has 2 aromatic rings. The summed E-state index contributed by atoms with van der Waals surface area (Å²) >= 11 is 6.02. The van der Waals surface area contributed by atoms with Crippen LogP contribution < -0.4 is 5.32 Å². The highest BCUT2D eigenvalue weighted by molar-refractivity contribution is 6.31. The van der Waals surface area contributed by atoms with E-state index in [2.05, 4.69) is 10.1 Å². The Hall–Kier alpha value is -1.85. The van der Waals surface area contributed by atoms with Gasteiger partial charge in [0.15, 0.2) is 0 Å². The lowest BCUT2D eigenvalue weighted by molar-refractivity contribution is 0.0562. The average molecular weight is 312 g/mol. The van der Waals surface area contributed by atoms with Crippen LogP contribution in [-0.2, 0) is 4.74 Å². The summed E-state index contributed by atoms with van der Waals surface area (Å²) < 4.78 is 23.7. The third-order valence-corrected chi connectivity index (χ3v) is 3.40. The fourth-order valence-electron chi connectivity index (χ4n) is 2.03. The Bertz CT molecular complexity index is 642. The van der Waals surface area contributed by atoms with Gasteiger partial charge in [0, 0.05) is 0 Å². The minimum atomic E-state index is -0.568. The maximum atomic E-state index is 13.6. The third-order valence-electron chi connectivity index (χ3n) is 3.00. The maximum Gasteiger partial charge on any atom is 0.373 e. The number of benzene rings is 1. The number of nitrogens with one attached hydrogen (secondary N) is 1. The first kappa shape index (κ1) is 15.5. The molecule has 0 amide bonds. The summed E-state index contributed by atoms with van der Waals surface area (Å²) in [5, 5.41) is 3.18. The molecule has 0 aliphatic rings. The van der Waals surface area contributed by atoms with Gasteiger partial charge < -0.3 is 14.5 Å². The first-order valence-electron chi connectivity index (χ1n) is 6.43. The minimum absolute atomic E-state index is 0.0273. The summed E-state index contributed by atoms with van der Waals surface area (Å²) in [6.07, 6.45) is 0. The third kappa shape index (κ3) is 3.25. The minimum Gasteiger partial charge on any atom is -0.463 e. The van der Waals surface area contributed by atoms with Crippen LogP contribution >= 0.6 is 11.6 Å². The SMILES string of the molecule is CCNC(c1ccc(C(=O)OC)o1)c1cccc(F)c1Cl. The van der Waals surface area contributed by atoms with Gasteiger partial charge in [0.2, 0.25) is 5.76 Å². The molecule has 0 bridgehead atoms. The fourth-order valence-corrected chi connectivity index (χ4v) is 2.26. The summed E-state index contributed by atoms with van der Waals surface area (Å²) in [5.41, 5.74) is 0.546. The van der Waals surface area contributed by atoms with Crippen molar-refractivity contribution in [2.24, 2.45) is 0 Å². The molecule has 1 heterocycles. The Labute approximate surface area is 126 Å². The molecule has 0 saturated heterocycles. The maximum absolute atomic E-state index is 13.6. The Balaban J connectivity index is 2.41. The molecule has 6 heteroatoms. The summed E-state index contributed by atoms with van der Waals surface area (Å²) in [4.78, 5) is 11.4. The predicted molar refractivity (Wildman–Crippen MR) is 77.0 cm³/mol. The molecule has 21 heavy (non-hydrogen) atoms. The van der Waals surface area contributed by atoms with Gasteiger partial charge in [0.1, 0.15) is 11.6 Å². The van der Waals surface area contributed by atoms with Crippen LogP contribution in [0.15, 0.2) is 34.7 Å². The number of carbonyl (C=O) groups excluding carboxylic acids is 1. The van der Waals surface area contributed by atoms with Gasteiger partial charge in [-0.15, -0.1) is 0 Å². The van der Waals surface area contributed by atoms with Crippen LogP contribution in [0.5, 0.6) is 0 Å². The van der Waals surface area contributed by atoms with Crippen LogP contribution in [0.1, 0.15) is 34.8 Å². The van der Waals surface area contributed by atoms with E-state index in [1.54, 1.807) is 18.2 Å². The molecule has 0 fully saturated rings. The van der Waals surface area contributed by atoms with Crippen molar-refractivity contribution in [3.8, 4) is 0 Å². The molecule has 1 aromatic heterocycles. The number of halogens is 2. The van der Waals surface area contributed by atoms with Crippen molar-refractivity contribution < 1.29 is 18.3 Å². The number of hydrogen-bond acceptors (Lipinski definition) is 4. The van der Waals surface area contributed by atoms with E-state index in [1.165, 1.54) is 19.2 Å². The van der Waals surface area contributed by atoms with Gasteiger partial charge in [-0.3, -0.25) is 0 Å². The summed E-state index contributed by atoms with van der Waals surface area (Å²) in [6, 6.07) is 7.28. The zero-order valence-electron chi connectivity index (χ0n) is 11.7. The second-order valence-electron chi connectivity index (χ2n) is 4.33. The van der Waals surface area contributed by atoms with E-state index in [-0.39, 0.29) is 10.8 Å². The molecule has 1 N–H and O–H groups in total. The molecule has 0 saturated carbocycles. The molecule has 1 aromatic carbocycles. The van der Waals surface area contributed by atoms with Gasteiger partial charge in [-0.25, -0.2) is 9.18 Å². The predicted octanol–water partition coefficient (Wildman–Crippen LogP) is 3.56. The Morgan fingerprint density at radius 1 is 1.43 bits per heavy atom. The lowest BCUT2D eigenvalue weighted by Crippen LogP contribution is -2.22. The monoisotopic (exact) mass is 311 g/mol. The lowest BCUT2D eigenvalue weighted by Gasteiger charge is -2.17. The van der Waals surface area contributed by atoms with Crippen LogP contribution in [0.4, 0.5) is 4.39 Å². The second-order valence-corrected chi connectivity index (χ2v) is 4.71. The molecule has 112 valence electrons. The van der Waals surface area contributed by atoms with Crippen molar-refractivity contribution in [2.45, 2.75) is 13.0 Å². The quantitative estimate of drug-likeness (QED) is 0.858. The molecular formula is C15H15ClFNO3. The van der Waals surface area contributed by atoms with E-state index in [0.29, 0.717) is 17.9 Å². The highest BCUT2D eigenvalue weighted by atomic mass is 35.5. The second kappa shape index (κ2) is 6.74. The number of furan rings is 1. The number of hydrogen-bond donors (Lipinski definition) is 1. The van der Waals surface area contributed by atoms with E-state index in [9.17, 15) is 9.18 Å². The molecule has 1 unspecified atom stereocenters. The molecule has 0 radical (unpaired) electrons. The largest absolute Gasteiger partial charge is 0.463 e.